The summed E-state index contributed by atoms with van der Waals surface area (Å²) in [5.74, 6) is 0.00738. The Bertz CT molecular complexity index is 1010. The molecular weight excluding hydrogens is 367 g/mol. The predicted octanol–water partition coefficient (Wildman–Crippen LogP) is 2.77. The molecule has 8 nitrogen and oxygen atoms in total. The quantitative estimate of drug-likeness (QED) is 0.674. The summed E-state index contributed by atoms with van der Waals surface area (Å²) in [6, 6.07) is 6.84. The molecule has 0 aliphatic heterocycles. The minimum atomic E-state index is -0.803. The molecule has 0 radical (unpaired) electrons. The van der Waals surface area contributed by atoms with Crippen molar-refractivity contribution in [2.45, 2.75) is 33.2 Å². The zero-order valence-corrected chi connectivity index (χ0v) is 15.6. The van der Waals surface area contributed by atoms with E-state index in [-0.39, 0.29) is 23.7 Å². The van der Waals surface area contributed by atoms with Gasteiger partial charge in [0.15, 0.2) is 5.82 Å². The second kappa shape index (κ2) is 8.03. The number of nitrogens with one attached hydrogen (secondary N) is 2. The van der Waals surface area contributed by atoms with Crippen molar-refractivity contribution in [3.8, 4) is 11.5 Å². The van der Waals surface area contributed by atoms with Gasteiger partial charge in [-0.3, -0.25) is 9.59 Å². The zero-order valence-electron chi connectivity index (χ0n) is 15.6. The highest BCUT2D eigenvalue weighted by Crippen LogP contribution is 2.24. The highest BCUT2D eigenvalue weighted by Gasteiger charge is 2.20. The van der Waals surface area contributed by atoms with E-state index in [1.54, 1.807) is 45.0 Å². The van der Waals surface area contributed by atoms with E-state index in [4.69, 9.17) is 8.94 Å². The molecule has 0 fully saturated rings. The molecule has 1 aromatic carbocycles. The Morgan fingerprint density at radius 1 is 1.25 bits per heavy atom. The lowest BCUT2D eigenvalue weighted by molar-refractivity contribution is -0.125. The lowest BCUT2D eigenvalue weighted by atomic mass is 10.2. The van der Waals surface area contributed by atoms with Crippen LogP contribution in [0.3, 0.4) is 0 Å². The fraction of sp³-hybridized carbons (Fsp3) is 0.263. The van der Waals surface area contributed by atoms with Crippen LogP contribution in [0.4, 0.5) is 10.2 Å². The molecule has 3 rings (SSSR count). The number of benzene rings is 1. The monoisotopic (exact) mass is 386 g/mol. The number of carbonyl (C=O) groups excluding carboxylic acids is 2. The summed E-state index contributed by atoms with van der Waals surface area (Å²) < 4.78 is 24.2. The lowest BCUT2D eigenvalue weighted by Crippen LogP contribution is -2.42. The minimum Gasteiger partial charge on any atom is -0.441 e. The topological polar surface area (TPSA) is 110 Å². The molecule has 2 aromatic heterocycles. The number of aryl methyl sites for hydroxylation is 2. The van der Waals surface area contributed by atoms with Gasteiger partial charge in [-0.15, -0.1) is 0 Å². The first kappa shape index (κ1) is 19.3. The smallest absolute Gasteiger partial charge is 0.247 e. The third-order valence-corrected chi connectivity index (χ3v) is 3.97. The van der Waals surface area contributed by atoms with E-state index in [1.807, 2.05) is 0 Å². The number of carbonyl (C=O) groups is 2. The number of nitrogens with zero attached hydrogens (tertiary/aromatic N) is 2. The molecule has 0 unspecified atom stereocenters. The van der Waals surface area contributed by atoms with Gasteiger partial charge in [0.05, 0.1) is 17.7 Å². The van der Waals surface area contributed by atoms with Gasteiger partial charge >= 0.3 is 0 Å². The summed E-state index contributed by atoms with van der Waals surface area (Å²) in [5.41, 5.74) is 0.586. The second-order valence-corrected chi connectivity index (χ2v) is 6.28. The van der Waals surface area contributed by atoms with Gasteiger partial charge in [0.1, 0.15) is 23.4 Å². The number of oxazole rings is 1. The van der Waals surface area contributed by atoms with Crippen molar-refractivity contribution in [3.63, 3.8) is 0 Å². The van der Waals surface area contributed by atoms with E-state index in [9.17, 15) is 14.0 Å². The molecule has 0 bridgehead atoms. The largest absolute Gasteiger partial charge is 0.441 e. The summed E-state index contributed by atoms with van der Waals surface area (Å²) in [6.45, 7) is 4.88. The van der Waals surface area contributed by atoms with Gasteiger partial charge < -0.3 is 19.6 Å². The first-order chi connectivity index (χ1) is 13.3. The maximum atomic E-state index is 13.9. The standard InChI is InChI=1S/C19H19FN4O4/c1-10-8-16(24-28-10)23-18(26)11(2)21-17(25)9-15-12(3)27-19(22-15)13-6-4-5-7-14(13)20/h4-8,11H,9H2,1-3H3,(H,21,25)(H,23,24,26)/t11-/m0/s1. The van der Waals surface area contributed by atoms with E-state index < -0.39 is 23.7 Å². The Kier molecular flexibility index (Phi) is 5.53. The normalized spacial score (nSPS) is 11.9. The van der Waals surface area contributed by atoms with Gasteiger partial charge in [0.2, 0.25) is 17.7 Å². The molecule has 28 heavy (non-hydrogen) atoms. The van der Waals surface area contributed by atoms with Crippen molar-refractivity contribution in [1.82, 2.24) is 15.5 Å². The van der Waals surface area contributed by atoms with Gasteiger partial charge in [-0.25, -0.2) is 9.37 Å². The van der Waals surface area contributed by atoms with Crippen LogP contribution >= 0.6 is 0 Å². The third kappa shape index (κ3) is 4.43. The molecule has 2 N–H and O–H groups in total. The molecule has 0 aliphatic rings. The molecule has 9 heteroatoms. The van der Waals surface area contributed by atoms with Gasteiger partial charge in [-0.1, -0.05) is 17.3 Å². The molecule has 0 saturated heterocycles. The van der Waals surface area contributed by atoms with Crippen LogP contribution in [-0.2, 0) is 16.0 Å². The average Bonchev–Trinajstić information content (AvgIpc) is 3.20. The Morgan fingerprint density at radius 3 is 2.68 bits per heavy atom. The lowest BCUT2D eigenvalue weighted by Gasteiger charge is -2.12. The van der Waals surface area contributed by atoms with Crippen LogP contribution < -0.4 is 10.6 Å². The number of amides is 2. The van der Waals surface area contributed by atoms with Crippen LogP contribution in [0.2, 0.25) is 0 Å². The van der Waals surface area contributed by atoms with E-state index in [2.05, 4.69) is 20.8 Å². The fourth-order valence-corrected chi connectivity index (χ4v) is 2.51. The summed E-state index contributed by atoms with van der Waals surface area (Å²) >= 11 is 0. The fourth-order valence-electron chi connectivity index (χ4n) is 2.51. The van der Waals surface area contributed by atoms with Crippen LogP contribution in [0.1, 0.15) is 24.1 Å². The van der Waals surface area contributed by atoms with Crippen LogP contribution in [0.25, 0.3) is 11.5 Å². The SMILES string of the molecule is Cc1cc(NC(=O)[C@H](C)NC(=O)Cc2nc(-c3ccccc3F)oc2C)no1. The van der Waals surface area contributed by atoms with Crippen molar-refractivity contribution in [3.05, 3.63) is 53.4 Å². The summed E-state index contributed by atoms with van der Waals surface area (Å²) in [5, 5.41) is 8.78. The Morgan fingerprint density at radius 2 is 2.00 bits per heavy atom. The van der Waals surface area contributed by atoms with Crippen molar-refractivity contribution in [1.29, 1.82) is 0 Å². The number of anilines is 1. The predicted molar refractivity (Wildman–Crippen MR) is 97.8 cm³/mol. The molecule has 2 heterocycles. The molecule has 1 atom stereocenters. The molecule has 2 amide bonds. The molecule has 0 spiro atoms. The number of aromatic nitrogens is 2. The first-order valence-electron chi connectivity index (χ1n) is 8.58. The van der Waals surface area contributed by atoms with Crippen molar-refractivity contribution >= 4 is 17.6 Å². The molecular formula is C19H19FN4O4. The van der Waals surface area contributed by atoms with E-state index in [0.717, 1.165) is 0 Å². The number of hydrogen-bond donors (Lipinski definition) is 2. The van der Waals surface area contributed by atoms with Crippen LogP contribution in [0.15, 0.2) is 39.3 Å². The van der Waals surface area contributed by atoms with Crippen molar-refractivity contribution in [2.24, 2.45) is 0 Å². The third-order valence-electron chi connectivity index (χ3n) is 3.97. The Hall–Kier alpha value is -3.49. The summed E-state index contributed by atoms with van der Waals surface area (Å²) in [7, 11) is 0. The highest BCUT2D eigenvalue weighted by atomic mass is 19.1. The van der Waals surface area contributed by atoms with E-state index in [1.165, 1.54) is 6.07 Å². The average molecular weight is 386 g/mol. The van der Waals surface area contributed by atoms with Gasteiger partial charge in [0.25, 0.3) is 0 Å². The molecule has 3 aromatic rings. The van der Waals surface area contributed by atoms with Crippen molar-refractivity contribution < 1.29 is 22.9 Å². The van der Waals surface area contributed by atoms with Gasteiger partial charge in [0, 0.05) is 6.07 Å². The van der Waals surface area contributed by atoms with E-state index >= 15 is 0 Å². The second-order valence-electron chi connectivity index (χ2n) is 6.28. The number of rotatable bonds is 6. The van der Waals surface area contributed by atoms with Gasteiger partial charge in [-0.2, -0.15) is 0 Å². The maximum Gasteiger partial charge on any atom is 0.247 e. The molecule has 0 aliphatic carbocycles. The van der Waals surface area contributed by atoms with Crippen molar-refractivity contribution in [2.75, 3.05) is 5.32 Å². The molecule has 0 saturated carbocycles. The van der Waals surface area contributed by atoms with Gasteiger partial charge in [-0.05, 0) is 32.9 Å². The number of hydrogen-bond acceptors (Lipinski definition) is 6. The van der Waals surface area contributed by atoms with Crippen LogP contribution in [-0.4, -0.2) is 28.0 Å². The summed E-state index contributed by atoms with van der Waals surface area (Å²) in [6.07, 6.45) is -0.107. The van der Waals surface area contributed by atoms with E-state index in [0.29, 0.717) is 17.2 Å². The summed E-state index contributed by atoms with van der Waals surface area (Å²) in [4.78, 5) is 28.6. The highest BCUT2D eigenvalue weighted by molar-refractivity contribution is 5.96. The van der Waals surface area contributed by atoms with Crippen LogP contribution in [0.5, 0.6) is 0 Å². The minimum absolute atomic E-state index is 0.102. The number of halogens is 1. The zero-order chi connectivity index (χ0) is 20.3. The first-order valence-corrected chi connectivity index (χ1v) is 8.58. The molecule has 146 valence electrons. The Balaban J connectivity index is 1.61. The van der Waals surface area contributed by atoms with Crippen LogP contribution in [0, 0.1) is 19.7 Å². The maximum absolute atomic E-state index is 13.9. The Labute approximate surface area is 160 Å².